The second-order valence-electron chi connectivity index (χ2n) is 5.75. The normalized spacial score (nSPS) is 12.8. The first-order chi connectivity index (χ1) is 9.76. The van der Waals surface area contributed by atoms with Crippen LogP contribution in [0.4, 0.5) is 4.79 Å². The van der Waals surface area contributed by atoms with Crippen LogP contribution in [-0.4, -0.2) is 52.0 Å². The number of unbranched alkanes of at least 4 members (excludes halogenated alkanes) is 3. The van der Waals surface area contributed by atoms with E-state index in [1.807, 2.05) is 0 Å². The summed E-state index contributed by atoms with van der Waals surface area (Å²) < 4.78 is 5.04. The largest absolute Gasteiger partial charge is 0.480 e. The second kappa shape index (κ2) is 10.7. The summed E-state index contributed by atoms with van der Waals surface area (Å²) in [7, 11) is 0. The van der Waals surface area contributed by atoms with Crippen LogP contribution in [0.3, 0.4) is 0 Å². The van der Waals surface area contributed by atoms with E-state index in [4.69, 9.17) is 14.9 Å². The lowest BCUT2D eigenvalue weighted by atomic mass is 10.2. The molecule has 3 N–H and O–H groups in total. The zero-order valence-electron chi connectivity index (χ0n) is 13.1. The molecule has 21 heavy (non-hydrogen) atoms. The molecule has 0 aliphatic carbocycles. The number of aliphatic carboxylic acids is 1. The minimum absolute atomic E-state index is 0.216. The summed E-state index contributed by atoms with van der Waals surface area (Å²) in [4.78, 5) is 22.6. The second-order valence-corrected chi connectivity index (χ2v) is 6.90. The fraction of sp³-hybridized carbons (Fsp3) is 0.857. The molecule has 0 rings (SSSR count). The lowest BCUT2D eigenvalue weighted by Crippen LogP contribution is -2.45. The van der Waals surface area contributed by atoms with Crippen molar-refractivity contribution in [3.63, 3.8) is 0 Å². The minimum Gasteiger partial charge on any atom is -0.480 e. The maximum atomic E-state index is 11.6. The van der Waals surface area contributed by atoms with Crippen LogP contribution in [0, 0.1) is 0 Å². The Hall–Kier alpha value is -0.950. The van der Waals surface area contributed by atoms with Gasteiger partial charge in [-0.3, -0.25) is 0 Å². The number of carboxylic acid groups (broad SMARTS) is 1. The highest BCUT2D eigenvalue weighted by Crippen LogP contribution is 2.11. The van der Waals surface area contributed by atoms with Crippen molar-refractivity contribution in [2.75, 3.05) is 18.1 Å². The van der Waals surface area contributed by atoms with Gasteiger partial charge in [-0.1, -0.05) is 12.8 Å². The molecule has 0 aliphatic heterocycles. The van der Waals surface area contributed by atoms with E-state index in [0.29, 0.717) is 5.75 Å². The zero-order valence-corrected chi connectivity index (χ0v) is 13.9. The molecule has 1 unspecified atom stereocenters. The van der Waals surface area contributed by atoms with Crippen molar-refractivity contribution in [1.29, 1.82) is 0 Å². The molecule has 0 radical (unpaired) electrons. The van der Waals surface area contributed by atoms with E-state index < -0.39 is 23.7 Å². The van der Waals surface area contributed by atoms with Crippen LogP contribution in [-0.2, 0) is 9.53 Å². The van der Waals surface area contributed by atoms with Gasteiger partial charge in [-0.05, 0) is 39.4 Å². The van der Waals surface area contributed by atoms with E-state index in [1.165, 1.54) is 11.8 Å². The molecule has 6 nitrogen and oxygen atoms in total. The lowest BCUT2D eigenvalue weighted by Gasteiger charge is -2.21. The molecule has 124 valence electrons. The van der Waals surface area contributed by atoms with Crippen molar-refractivity contribution < 1.29 is 24.5 Å². The number of nitrogens with one attached hydrogen (secondary N) is 1. The molecule has 0 saturated carbocycles. The number of aliphatic hydroxyl groups is 1. The number of rotatable bonds is 10. The Labute approximate surface area is 130 Å². The molecule has 7 heteroatoms. The van der Waals surface area contributed by atoms with Gasteiger partial charge in [0.25, 0.3) is 0 Å². The Morgan fingerprint density at radius 1 is 1.19 bits per heavy atom. The van der Waals surface area contributed by atoms with E-state index in [1.54, 1.807) is 20.8 Å². The summed E-state index contributed by atoms with van der Waals surface area (Å²) in [6.45, 7) is 5.39. The number of amides is 1. The Morgan fingerprint density at radius 3 is 2.33 bits per heavy atom. The first-order valence-corrected chi connectivity index (χ1v) is 8.32. The highest BCUT2D eigenvalue weighted by Gasteiger charge is 2.23. The maximum Gasteiger partial charge on any atom is 0.408 e. The third-order valence-electron chi connectivity index (χ3n) is 2.47. The average molecular weight is 321 g/mol. The molecule has 1 atom stereocenters. The molecule has 0 aromatic rings. The Morgan fingerprint density at radius 2 is 1.81 bits per heavy atom. The average Bonchev–Trinajstić information content (AvgIpc) is 2.33. The number of thioether (sulfide) groups is 1. The molecule has 1 amide bonds. The first kappa shape index (κ1) is 20.1. The SMILES string of the molecule is CC(C)(C)OC(=O)NC(CSCCCCCCO)C(=O)O. The standard InChI is InChI=1S/C14H27NO5S/c1-14(2,3)20-13(19)15-11(12(17)18)10-21-9-7-5-4-6-8-16/h11,16H,4-10H2,1-3H3,(H,15,19)(H,17,18). The molecular weight excluding hydrogens is 294 g/mol. The van der Waals surface area contributed by atoms with Gasteiger partial charge in [-0.15, -0.1) is 0 Å². The van der Waals surface area contributed by atoms with E-state index in [9.17, 15) is 9.59 Å². The summed E-state index contributed by atoms with van der Waals surface area (Å²) in [5.41, 5.74) is -0.646. The number of carbonyl (C=O) groups excluding carboxylic acids is 1. The fourth-order valence-electron chi connectivity index (χ4n) is 1.50. The van der Waals surface area contributed by atoms with Crippen LogP contribution >= 0.6 is 11.8 Å². The number of hydrogen-bond acceptors (Lipinski definition) is 5. The Kier molecular flexibility index (Phi) is 10.2. The Balaban J connectivity index is 3.93. The van der Waals surface area contributed by atoms with Crippen molar-refractivity contribution in [2.45, 2.75) is 58.1 Å². The van der Waals surface area contributed by atoms with E-state index in [0.717, 1.165) is 31.4 Å². The number of carboxylic acids is 1. The Bertz CT molecular complexity index is 317. The molecular formula is C14H27NO5S. The molecule has 0 heterocycles. The lowest BCUT2D eigenvalue weighted by molar-refractivity contribution is -0.138. The van der Waals surface area contributed by atoms with E-state index >= 15 is 0 Å². The van der Waals surface area contributed by atoms with Crippen LogP contribution in [0.2, 0.25) is 0 Å². The van der Waals surface area contributed by atoms with Gasteiger partial charge in [0, 0.05) is 12.4 Å². The van der Waals surface area contributed by atoms with Gasteiger partial charge in [0.1, 0.15) is 11.6 Å². The minimum atomic E-state index is -1.06. The number of ether oxygens (including phenoxy) is 1. The van der Waals surface area contributed by atoms with Crippen LogP contribution in [0.15, 0.2) is 0 Å². The molecule has 0 aromatic carbocycles. The van der Waals surface area contributed by atoms with Gasteiger partial charge in [0.15, 0.2) is 0 Å². The first-order valence-electron chi connectivity index (χ1n) is 7.17. The number of alkyl carbamates (subject to hydrolysis) is 1. The maximum absolute atomic E-state index is 11.6. The summed E-state index contributed by atoms with van der Waals surface area (Å²) in [6, 6.07) is -0.942. The van der Waals surface area contributed by atoms with Crippen LogP contribution in [0.1, 0.15) is 46.5 Å². The van der Waals surface area contributed by atoms with E-state index in [2.05, 4.69) is 5.32 Å². The van der Waals surface area contributed by atoms with Crippen molar-refractivity contribution in [2.24, 2.45) is 0 Å². The van der Waals surface area contributed by atoms with Crippen molar-refractivity contribution in [1.82, 2.24) is 5.32 Å². The van der Waals surface area contributed by atoms with Crippen molar-refractivity contribution >= 4 is 23.8 Å². The number of hydrogen-bond donors (Lipinski definition) is 3. The van der Waals surface area contributed by atoms with Crippen molar-refractivity contribution in [3.8, 4) is 0 Å². The molecule has 0 spiro atoms. The quantitative estimate of drug-likeness (QED) is 0.534. The van der Waals surface area contributed by atoms with Crippen LogP contribution in [0.25, 0.3) is 0 Å². The number of aliphatic hydroxyl groups excluding tert-OH is 1. The topological polar surface area (TPSA) is 95.9 Å². The molecule has 0 saturated heterocycles. The highest BCUT2D eigenvalue weighted by molar-refractivity contribution is 7.99. The summed E-state index contributed by atoms with van der Waals surface area (Å²) in [6.07, 6.45) is 3.07. The number of carbonyl (C=O) groups is 2. The van der Waals surface area contributed by atoms with Crippen LogP contribution in [0.5, 0.6) is 0 Å². The predicted octanol–water partition coefficient (Wildman–Crippen LogP) is 2.25. The zero-order chi connectivity index (χ0) is 16.3. The third kappa shape index (κ3) is 12.5. The van der Waals surface area contributed by atoms with E-state index in [-0.39, 0.29) is 6.61 Å². The molecule has 0 fully saturated rings. The van der Waals surface area contributed by atoms with Crippen molar-refractivity contribution in [3.05, 3.63) is 0 Å². The van der Waals surface area contributed by atoms with Gasteiger partial charge < -0.3 is 20.3 Å². The van der Waals surface area contributed by atoms with Gasteiger partial charge >= 0.3 is 12.1 Å². The molecule has 0 aromatic heterocycles. The van der Waals surface area contributed by atoms with Gasteiger partial charge in [0.05, 0.1) is 0 Å². The van der Waals surface area contributed by atoms with Gasteiger partial charge in [-0.2, -0.15) is 11.8 Å². The van der Waals surface area contributed by atoms with Crippen LogP contribution < -0.4 is 5.32 Å². The molecule has 0 bridgehead atoms. The smallest absolute Gasteiger partial charge is 0.408 e. The highest BCUT2D eigenvalue weighted by atomic mass is 32.2. The van der Waals surface area contributed by atoms with Gasteiger partial charge in [0.2, 0.25) is 0 Å². The summed E-state index contributed by atoms with van der Waals surface area (Å²) >= 11 is 1.49. The summed E-state index contributed by atoms with van der Waals surface area (Å²) in [5.74, 6) is 0.0911. The third-order valence-corrected chi connectivity index (χ3v) is 3.62. The predicted molar refractivity (Wildman–Crippen MR) is 83.7 cm³/mol. The fourth-order valence-corrected chi connectivity index (χ4v) is 2.53. The van der Waals surface area contributed by atoms with Gasteiger partial charge in [-0.25, -0.2) is 9.59 Å². The summed E-state index contributed by atoms with van der Waals surface area (Å²) in [5, 5.41) is 20.1. The molecule has 0 aliphatic rings. The monoisotopic (exact) mass is 321 g/mol.